The molecule has 43 heavy (non-hydrogen) atoms. The SMILES string of the molecule is COc1ccc([C@H]2CC(c3cccs3)=NN2C(=O)CSc2nnc(CNC(=O)c3ccco3)n2-c2ccc(F)cc2)cc1. The molecule has 1 atom stereocenters. The van der Waals surface area contributed by atoms with E-state index in [9.17, 15) is 14.0 Å². The van der Waals surface area contributed by atoms with Crippen molar-refractivity contribution in [1.29, 1.82) is 0 Å². The number of ether oxygens (including phenoxy) is 1. The molecule has 13 heteroatoms. The van der Waals surface area contributed by atoms with Gasteiger partial charge in [-0.2, -0.15) is 5.10 Å². The normalized spacial score (nSPS) is 14.5. The predicted molar refractivity (Wildman–Crippen MR) is 160 cm³/mol. The molecule has 10 nitrogen and oxygen atoms in total. The molecule has 1 N–H and O–H groups in total. The Balaban J connectivity index is 1.23. The van der Waals surface area contributed by atoms with Gasteiger partial charge in [0.25, 0.3) is 11.8 Å². The van der Waals surface area contributed by atoms with Crippen molar-refractivity contribution < 1.29 is 23.1 Å². The predicted octanol–water partition coefficient (Wildman–Crippen LogP) is 5.47. The molecule has 0 saturated carbocycles. The van der Waals surface area contributed by atoms with Gasteiger partial charge >= 0.3 is 0 Å². The van der Waals surface area contributed by atoms with Crippen LogP contribution in [0.1, 0.15) is 39.3 Å². The van der Waals surface area contributed by atoms with Crippen LogP contribution >= 0.6 is 23.1 Å². The van der Waals surface area contributed by atoms with Gasteiger partial charge in [-0.3, -0.25) is 14.2 Å². The Morgan fingerprint density at radius 1 is 1.09 bits per heavy atom. The second-order valence-corrected chi connectivity index (χ2v) is 11.3. The largest absolute Gasteiger partial charge is 0.497 e. The molecule has 0 saturated heterocycles. The van der Waals surface area contributed by atoms with Gasteiger partial charge in [0.15, 0.2) is 16.7 Å². The third kappa shape index (κ3) is 6.22. The van der Waals surface area contributed by atoms with Gasteiger partial charge in [-0.25, -0.2) is 9.40 Å². The van der Waals surface area contributed by atoms with E-state index < -0.39 is 11.7 Å². The van der Waals surface area contributed by atoms with Crippen molar-refractivity contribution >= 4 is 40.6 Å². The van der Waals surface area contributed by atoms with E-state index in [1.165, 1.54) is 35.2 Å². The molecule has 5 aromatic rings. The van der Waals surface area contributed by atoms with Crippen molar-refractivity contribution in [1.82, 2.24) is 25.1 Å². The van der Waals surface area contributed by atoms with Crippen LogP contribution in [-0.4, -0.2) is 50.2 Å². The zero-order valence-electron chi connectivity index (χ0n) is 22.8. The lowest BCUT2D eigenvalue weighted by Gasteiger charge is -2.22. The first-order valence-electron chi connectivity index (χ1n) is 13.2. The number of rotatable bonds is 10. The van der Waals surface area contributed by atoms with Crippen molar-refractivity contribution in [2.24, 2.45) is 5.10 Å². The lowest BCUT2D eigenvalue weighted by Crippen LogP contribution is -2.28. The van der Waals surface area contributed by atoms with Crippen molar-refractivity contribution in [3.63, 3.8) is 0 Å². The van der Waals surface area contributed by atoms with E-state index in [0.717, 1.165) is 21.9 Å². The number of hydrogen-bond donors (Lipinski definition) is 1. The van der Waals surface area contributed by atoms with Crippen molar-refractivity contribution in [2.75, 3.05) is 12.9 Å². The highest BCUT2D eigenvalue weighted by Gasteiger charge is 2.33. The number of methoxy groups -OCH3 is 1. The molecular weight excluding hydrogens is 592 g/mol. The van der Waals surface area contributed by atoms with Crippen molar-refractivity contribution in [3.8, 4) is 11.4 Å². The van der Waals surface area contributed by atoms with Gasteiger partial charge in [0.2, 0.25) is 0 Å². The number of amides is 2. The summed E-state index contributed by atoms with van der Waals surface area (Å²) in [6.07, 6.45) is 1.99. The fourth-order valence-electron chi connectivity index (χ4n) is 4.62. The Kier molecular flexibility index (Phi) is 8.34. The van der Waals surface area contributed by atoms with Gasteiger partial charge in [-0.05, 0) is 65.5 Å². The van der Waals surface area contributed by atoms with Gasteiger partial charge < -0.3 is 14.5 Å². The molecule has 0 radical (unpaired) electrons. The highest BCUT2D eigenvalue weighted by molar-refractivity contribution is 7.99. The van der Waals surface area contributed by atoms with E-state index in [0.29, 0.717) is 23.1 Å². The Hall–Kier alpha value is -4.75. The van der Waals surface area contributed by atoms with Crippen molar-refractivity contribution in [3.05, 3.63) is 112 Å². The number of furan rings is 1. The first-order valence-corrected chi connectivity index (χ1v) is 15.1. The Morgan fingerprint density at radius 2 is 1.91 bits per heavy atom. The van der Waals surface area contributed by atoms with Crippen molar-refractivity contribution in [2.45, 2.75) is 24.2 Å². The van der Waals surface area contributed by atoms with Gasteiger partial charge in [-0.1, -0.05) is 30.0 Å². The summed E-state index contributed by atoms with van der Waals surface area (Å²) in [7, 11) is 1.61. The van der Waals surface area contributed by atoms with E-state index in [1.54, 1.807) is 47.3 Å². The molecule has 6 rings (SSSR count). The summed E-state index contributed by atoms with van der Waals surface area (Å²) in [5.41, 5.74) is 2.37. The zero-order chi connectivity index (χ0) is 29.8. The van der Waals surface area contributed by atoms with Gasteiger partial charge in [0.1, 0.15) is 11.6 Å². The molecule has 1 aliphatic heterocycles. The molecule has 0 fully saturated rings. The number of hydrogen-bond acceptors (Lipinski definition) is 9. The molecule has 0 bridgehead atoms. The first kappa shape index (κ1) is 28.4. The molecule has 0 aliphatic carbocycles. The van der Waals surface area contributed by atoms with Gasteiger partial charge in [0.05, 0.1) is 42.3 Å². The van der Waals surface area contributed by atoms with Crippen LogP contribution in [0.5, 0.6) is 5.75 Å². The number of carbonyl (C=O) groups is 2. The second-order valence-electron chi connectivity index (χ2n) is 9.41. The van der Waals surface area contributed by atoms with Crippen LogP contribution in [0.15, 0.2) is 99.1 Å². The number of carbonyl (C=O) groups excluding carboxylic acids is 2. The summed E-state index contributed by atoms with van der Waals surface area (Å²) < 4.78 is 25.9. The summed E-state index contributed by atoms with van der Waals surface area (Å²) in [5.74, 6) is 0.285. The highest BCUT2D eigenvalue weighted by Crippen LogP contribution is 2.35. The summed E-state index contributed by atoms with van der Waals surface area (Å²) in [6.45, 7) is 0.0263. The lowest BCUT2D eigenvalue weighted by atomic mass is 10.0. The number of hydrazone groups is 1. The Morgan fingerprint density at radius 3 is 2.60 bits per heavy atom. The number of thiophene rings is 1. The van der Waals surface area contributed by atoms with E-state index in [4.69, 9.17) is 14.3 Å². The maximum Gasteiger partial charge on any atom is 0.287 e. The highest BCUT2D eigenvalue weighted by atomic mass is 32.2. The Bertz CT molecular complexity index is 1740. The molecular formula is C30H25FN6O4S2. The molecule has 2 aromatic carbocycles. The minimum absolute atomic E-state index is 0.0198. The lowest BCUT2D eigenvalue weighted by molar-refractivity contribution is -0.130. The fraction of sp³-hybridized carbons (Fsp3) is 0.167. The number of thioether (sulfide) groups is 1. The van der Waals surface area contributed by atoms with Crippen LogP contribution in [0.25, 0.3) is 5.69 Å². The number of nitrogens with one attached hydrogen (secondary N) is 1. The quantitative estimate of drug-likeness (QED) is 0.207. The summed E-state index contributed by atoms with van der Waals surface area (Å²) in [6, 6.07) is 20.3. The molecule has 3 aromatic heterocycles. The average molecular weight is 617 g/mol. The van der Waals surface area contributed by atoms with E-state index >= 15 is 0 Å². The monoisotopic (exact) mass is 616 g/mol. The Labute approximate surface area is 254 Å². The topological polar surface area (TPSA) is 115 Å². The van der Waals surface area contributed by atoms with Crippen LogP contribution < -0.4 is 10.1 Å². The summed E-state index contributed by atoms with van der Waals surface area (Å²) in [4.78, 5) is 27.2. The van der Waals surface area contributed by atoms with Crippen LogP contribution in [0.4, 0.5) is 4.39 Å². The van der Waals surface area contributed by atoms with Gasteiger partial charge in [-0.15, -0.1) is 21.5 Å². The number of benzene rings is 2. The molecule has 218 valence electrons. The van der Waals surface area contributed by atoms with Gasteiger partial charge in [0, 0.05) is 12.1 Å². The second kappa shape index (κ2) is 12.6. The van der Waals surface area contributed by atoms with Crippen LogP contribution in [0.2, 0.25) is 0 Å². The standard InChI is InChI=1S/C30H25FN6O4S2/c1-40-22-12-6-19(7-13-22)24-16-23(26-5-3-15-42-26)35-37(24)28(38)18-43-30-34-33-27(17-32-29(39)25-4-2-14-41-25)36(30)21-10-8-20(31)9-11-21/h2-15,24H,16-18H2,1H3,(H,32,39)/t24-/m1/s1. The molecule has 1 aliphatic rings. The third-order valence-corrected chi connectivity index (χ3v) is 8.57. The molecule has 0 spiro atoms. The van der Waals surface area contributed by atoms with Crippen LogP contribution in [0, 0.1) is 5.82 Å². The third-order valence-electron chi connectivity index (χ3n) is 6.73. The summed E-state index contributed by atoms with van der Waals surface area (Å²) >= 11 is 2.76. The molecule has 2 amide bonds. The van der Waals surface area contributed by atoms with E-state index in [-0.39, 0.29) is 30.0 Å². The maximum atomic E-state index is 13.7. The van der Waals surface area contributed by atoms with Crippen LogP contribution in [-0.2, 0) is 11.3 Å². The molecule has 0 unspecified atom stereocenters. The zero-order valence-corrected chi connectivity index (χ0v) is 24.5. The smallest absolute Gasteiger partial charge is 0.287 e. The molecule has 4 heterocycles. The number of aromatic nitrogens is 3. The minimum atomic E-state index is -0.416. The maximum absolute atomic E-state index is 13.7. The van der Waals surface area contributed by atoms with Crippen LogP contribution in [0.3, 0.4) is 0 Å². The minimum Gasteiger partial charge on any atom is -0.497 e. The first-order chi connectivity index (χ1) is 21.0. The number of nitrogens with zero attached hydrogens (tertiary/aromatic N) is 5. The summed E-state index contributed by atoms with van der Waals surface area (Å²) in [5, 5.41) is 20.0. The van der Waals surface area contributed by atoms with E-state index in [2.05, 4.69) is 15.5 Å². The fourth-order valence-corrected chi connectivity index (χ4v) is 6.17. The number of halogens is 1. The average Bonchev–Trinajstić information content (AvgIpc) is 3.86. The van der Waals surface area contributed by atoms with E-state index in [1.807, 2.05) is 41.8 Å².